The number of anilines is 1. The summed E-state index contributed by atoms with van der Waals surface area (Å²) in [6.45, 7) is 10.3. The van der Waals surface area contributed by atoms with Crippen molar-refractivity contribution in [2.45, 2.75) is 90.0 Å². The number of methoxy groups -OCH3 is 1. The van der Waals surface area contributed by atoms with Crippen LogP contribution in [0.5, 0.6) is 5.75 Å². The molecule has 0 unspecified atom stereocenters. The summed E-state index contributed by atoms with van der Waals surface area (Å²) >= 11 is 19.6. The number of pyridine rings is 1. The average Bonchev–Trinajstić information content (AvgIpc) is 3.88. The van der Waals surface area contributed by atoms with E-state index in [2.05, 4.69) is 21.0 Å². The van der Waals surface area contributed by atoms with E-state index < -0.39 is 23.7 Å². The summed E-state index contributed by atoms with van der Waals surface area (Å²) in [5, 5.41) is 4.26. The van der Waals surface area contributed by atoms with Crippen LogP contribution in [0.3, 0.4) is 0 Å². The van der Waals surface area contributed by atoms with Crippen molar-refractivity contribution < 1.29 is 28.6 Å². The van der Waals surface area contributed by atoms with Crippen LogP contribution < -0.4 is 15.0 Å². The van der Waals surface area contributed by atoms with Crippen molar-refractivity contribution in [1.82, 2.24) is 20.1 Å². The summed E-state index contributed by atoms with van der Waals surface area (Å²) < 4.78 is 16.7. The van der Waals surface area contributed by atoms with E-state index in [0.717, 1.165) is 53.9 Å². The fraction of sp³-hybridized carbons (Fsp3) is 0.512. The van der Waals surface area contributed by atoms with Crippen LogP contribution in [0.2, 0.25) is 15.1 Å². The summed E-state index contributed by atoms with van der Waals surface area (Å²) in [7, 11) is 1.33. The van der Waals surface area contributed by atoms with Gasteiger partial charge in [-0.1, -0.05) is 53.0 Å². The Morgan fingerprint density at radius 3 is 2.35 bits per heavy atom. The van der Waals surface area contributed by atoms with Gasteiger partial charge in [0.15, 0.2) is 5.75 Å². The molecule has 3 aromatic rings. The lowest BCUT2D eigenvalue weighted by Gasteiger charge is -2.40. The van der Waals surface area contributed by atoms with E-state index in [4.69, 9.17) is 49.3 Å². The van der Waals surface area contributed by atoms with Crippen molar-refractivity contribution in [3.63, 3.8) is 0 Å². The third kappa shape index (κ3) is 10.5. The predicted octanol–water partition coefficient (Wildman–Crippen LogP) is 8.44. The lowest BCUT2D eigenvalue weighted by molar-refractivity contribution is -0.139. The molecule has 2 aliphatic heterocycles. The van der Waals surface area contributed by atoms with Crippen molar-refractivity contribution in [2.75, 3.05) is 44.7 Å². The summed E-state index contributed by atoms with van der Waals surface area (Å²) in [5.41, 5.74) is 3.07. The molecule has 2 aromatic carbocycles. The van der Waals surface area contributed by atoms with Gasteiger partial charge in [0.2, 0.25) is 5.91 Å². The molecule has 1 N–H and O–H groups in total. The maximum Gasteiger partial charge on any atom is 0.410 e. The fourth-order valence-electron chi connectivity index (χ4n) is 7.35. The first kappa shape index (κ1) is 40.7. The number of nitrogens with zero attached hydrogens (tertiary/aromatic N) is 4. The average molecular weight is 815 g/mol. The highest BCUT2D eigenvalue weighted by Crippen LogP contribution is 2.40. The first-order valence-corrected chi connectivity index (χ1v) is 20.0. The molecule has 3 fully saturated rings. The number of likely N-dealkylation sites (tertiary alicyclic amines) is 1. The molecule has 3 aliphatic rings. The number of benzene rings is 2. The maximum absolute atomic E-state index is 14.8. The van der Waals surface area contributed by atoms with E-state index in [0.29, 0.717) is 59.8 Å². The van der Waals surface area contributed by atoms with E-state index in [1.54, 1.807) is 4.90 Å². The molecule has 11 nitrogen and oxygen atoms in total. The molecular weight excluding hydrogens is 765 g/mol. The maximum atomic E-state index is 14.8. The molecule has 1 aromatic heterocycles. The number of aryl methyl sites for hydroxylation is 1. The molecule has 0 bridgehead atoms. The van der Waals surface area contributed by atoms with Crippen molar-refractivity contribution in [3.8, 4) is 5.75 Å². The number of rotatable bonds is 11. The van der Waals surface area contributed by atoms with Gasteiger partial charge < -0.3 is 34.2 Å². The largest absolute Gasteiger partial charge is 0.485 e. The van der Waals surface area contributed by atoms with E-state index in [1.165, 1.54) is 7.11 Å². The summed E-state index contributed by atoms with van der Waals surface area (Å²) in [5.74, 6) is 0.614. The van der Waals surface area contributed by atoms with E-state index in [-0.39, 0.29) is 30.5 Å². The molecule has 55 heavy (non-hydrogen) atoms. The number of aromatic nitrogens is 1. The molecule has 296 valence electrons. The van der Waals surface area contributed by atoms with Gasteiger partial charge in [0.25, 0.3) is 0 Å². The SMILES string of the molecule is COC(=O)NCCc1ccc(Cl)c(CN(C(=O)[C@H]2CN(C(=O)OC(C)(C)C)CC[C@@H]2c2ccc(N3CC[C@@H](Oc4c(Cl)cc(C)cc4Cl)C3)nc2)C2CC2)c1. The Morgan fingerprint density at radius 2 is 1.69 bits per heavy atom. The van der Waals surface area contributed by atoms with Crippen LogP contribution in [0.25, 0.3) is 0 Å². The highest BCUT2D eigenvalue weighted by atomic mass is 35.5. The second-order valence-electron chi connectivity index (χ2n) is 15.7. The number of hydrogen-bond donors (Lipinski definition) is 1. The zero-order chi connectivity index (χ0) is 39.4. The molecule has 1 aliphatic carbocycles. The molecule has 6 rings (SSSR count). The van der Waals surface area contributed by atoms with Gasteiger partial charge in [-0.15, -0.1) is 0 Å². The summed E-state index contributed by atoms with van der Waals surface area (Å²) in [6, 6.07) is 13.6. The van der Waals surface area contributed by atoms with Crippen molar-refractivity contribution in [1.29, 1.82) is 0 Å². The van der Waals surface area contributed by atoms with Gasteiger partial charge in [-0.3, -0.25) is 4.79 Å². The number of piperidine rings is 1. The Hall–Kier alpha value is -3.93. The fourth-order valence-corrected chi connectivity index (χ4v) is 8.21. The minimum atomic E-state index is -0.667. The van der Waals surface area contributed by atoms with Gasteiger partial charge in [-0.2, -0.15) is 0 Å². The van der Waals surface area contributed by atoms with Crippen LogP contribution in [0.15, 0.2) is 48.7 Å². The van der Waals surface area contributed by atoms with Gasteiger partial charge >= 0.3 is 12.2 Å². The number of ether oxygens (including phenoxy) is 3. The minimum Gasteiger partial charge on any atom is -0.485 e. The van der Waals surface area contributed by atoms with Crippen LogP contribution in [0.1, 0.15) is 74.6 Å². The molecular formula is C41H50Cl3N5O6. The monoisotopic (exact) mass is 813 g/mol. The van der Waals surface area contributed by atoms with Crippen LogP contribution in [-0.4, -0.2) is 90.5 Å². The highest BCUT2D eigenvalue weighted by Gasteiger charge is 2.43. The van der Waals surface area contributed by atoms with Crippen molar-refractivity contribution in [3.05, 3.63) is 86.0 Å². The van der Waals surface area contributed by atoms with Gasteiger partial charge in [0, 0.05) is 62.3 Å². The number of alkyl carbamates (subject to hydrolysis) is 1. The highest BCUT2D eigenvalue weighted by molar-refractivity contribution is 6.37. The van der Waals surface area contributed by atoms with E-state index in [1.807, 2.05) is 75.2 Å². The zero-order valence-corrected chi connectivity index (χ0v) is 34.3. The first-order chi connectivity index (χ1) is 26.2. The molecule has 14 heteroatoms. The number of carbonyl (C=O) groups is 3. The Labute approximate surface area is 338 Å². The van der Waals surface area contributed by atoms with Crippen LogP contribution in [0, 0.1) is 12.8 Å². The van der Waals surface area contributed by atoms with Gasteiger partial charge in [-0.05, 0) is 99.9 Å². The Bertz CT molecular complexity index is 1840. The molecule has 3 heterocycles. The van der Waals surface area contributed by atoms with Crippen molar-refractivity contribution in [2.24, 2.45) is 5.92 Å². The van der Waals surface area contributed by atoms with Crippen molar-refractivity contribution >= 4 is 58.7 Å². The van der Waals surface area contributed by atoms with Gasteiger partial charge in [0.05, 0.1) is 29.6 Å². The molecule has 2 saturated heterocycles. The van der Waals surface area contributed by atoms with Gasteiger partial charge in [-0.25, -0.2) is 14.6 Å². The lowest BCUT2D eigenvalue weighted by Crippen LogP contribution is -2.51. The first-order valence-electron chi connectivity index (χ1n) is 18.9. The molecule has 0 spiro atoms. The molecule has 0 radical (unpaired) electrons. The Kier molecular flexibility index (Phi) is 12.9. The van der Waals surface area contributed by atoms with E-state index >= 15 is 0 Å². The number of hydrogen-bond acceptors (Lipinski definition) is 8. The Balaban J connectivity index is 1.19. The number of nitrogens with one attached hydrogen (secondary N) is 1. The third-order valence-electron chi connectivity index (χ3n) is 10.3. The number of amides is 3. The minimum absolute atomic E-state index is 0.0216. The molecule has 1 saturated carbocycles. The lowest BCUT2D eigenvalue weighted by atomic mass is 9.80. The standard InChI is InChI=1S/C41H50Cl3N5O6/c1-25-18-34(43)37(35(44)19-25)54-30-13-16-47(23-30)36-11-7-27(21-46-36)31-14-17-48(40(52)55-41(2,3)4)24-32(31)38(50)49(29-8-9-29)22-28-20-26(6-10-33(28)42)12-15-45-39(51)53-5/h6-7,10-11,18-21,29-32H,8-9,12-17,22-24H2,1-5H3,(H,45,51)/t30-,31-,32+/m1/s1. The van der Waals surface area contributed by atoms with Gasteiger partial charge in [0.1, 0.15) is 17.5 Å². The number of carbonyl (C=O) groups excluding carboxylic acids is 3. The smallest absolute Gasteiger partial charge is 0.410 e. The molecule has 3 amide bonds. The second-order valence-corrected chi connectivity index (χ2v) is 16.9. The zero-order valence-electron chi connectivity index (χ0n) is 32.1. The van der Waals surface area contributed by atoms with Crippen LogP contribution >= 0.6 is 34.8 Å². The summed E-state index contributed by atoms with van der Waals surface area (Å²) in [6.07, 6.45) is 4.61. The topological polar surface area (TPSA) is 114 Å². The normalized spacial score (nSPS) is 19.9. The van der Waals surface area contributed by atoms with E-state index in [9.17, 15) is 14.4 Å². The Morgan fingerprint density at radius 1 is 0.945 bits per heavy atom. The quantitative estimate of drug-likeness (QED) is 0.205. The van der Waals surface area contributed by atoms with Crippen LogP contribution in [0.4, 0.5) is 15.4 Å². The summed E-state index contributed by atoms with van der Waals surface area (Å²) in [4.78, 5) is 50.4. The van der Waals surface area contributed by atoms with Crippen LogP contribution in [-0.2, 0) is 27.2 Å². The number of halogens is 3. The molecule has 3 atom stereocenters. The predicted molar refractivity (Wildman–Crippen MR) is 214 cm³/mol. The second kappa shape index (κ2) is 17.5. The third-order valence-corrected chi connectivity index (χ3v) is 11.2.